The summed E-state index contributed by atoms with van der Waals surface area (Å²) in [5, 5.41) is 3.36. The molecule has 1 aromatic heterocycles. The average Bonchev–Trinajstić information content (AvgIpc) is 3.06. The third-order valence-corrected chi connectivity index (χ3v) is 5.33. The van der Waals surface area contributed by atoms with Crippen molar-refractivity contribution in [2.75, 3.05) is 62.2 Å². The largest absolute Gasteiger partial charge is 0.354 e. The molecule has 0 radical (unpaired) electrons. The molecular weight excluding hydrogens is 304 g/mol. The lowest BCUT2D eigenvalue weighted by Gasteiger charge is -2.48. The quantitative estimate of drug-likeness (QED) is 0.795. The number of hydrogen-bond acceptors (Lipinski definition) is 6. The minimum absolute atomic E-state index is 0.0438. The van der Waals surface area contributed by atoms with E-state index in [2.05, 4.69) is 26.7 Å². The number of nitrogens with zero attached hydrogens (tertiary/aromatic N) is 5. The van der Waals surface area contributed by atoms with Gasteiger partial charge in [0.05, 0.1) is 0 Å². The highest BCUT2D eigenvalue weighted by molar-refractivity contribution is 5.87. The van der Waals surface area contributed by atoms with Gasteiger partial charge in [-0.05, 0) is 18.6 Å². The first-order chi connectivity index (χ1) is 11.7. The highest BCUT2D eigenvalue weighted by atomic mass is 16.2. The molecule has 1 spiro atoms. The number of rotatable bonds is 3. The van der Waals surface area contributed by atoms with E-state index in [-0.39, 0.29) is 11.3 Å². The summed E-state index contributed by atoms with van der Waals surface area (Å²) in [5.41, 5.74) is 0.215. The van der Waals surface area contributed by atoms with Crippen LogP contribution in [-0.4, -0.2) is 73.1 Å². The van der Waals surface area contributed by atoms with Gasteiger partial charge in [-0.15, -0.1) is 0 Å². The van der Waals surface area contributed by atoms with Crippen LogP contribution in [0.2, 0.25) is 0 Å². The zero-order valence-corrected chi connectivity index (χ0v) is 13.9. The lowest BCUT2D eigenvalue weighted by Crippen LogP contribution is -2.58. The first-order valence-electron chi connectivity index (χ1n) is 8.64. The molecule has 1 amide bonds. The summed E-state index contributed by atoms with van der Waals surface area (Å²) < 4.78 is 0. The van der Waals surface area contributed by atoms with E-state index < -0.39 is 0 Å². The number of anilines is 2. The van der Waals surface area contributed by atoms with Gasteiger partial charge in [-0.25, -0.2) is 4.98 Å². The topological polar surface area (TPSA) is 64.6 Å². The number of carbonyl (C=O) groups excluding carboxylic acids is 1. The van der Waals surface area contributed by atoms with E-state index in [4.69, 9.17) is 4.98 Å². The number of nitrogens with one attached hydrogen (secondary N) is 1. The fourth-order valence-electron chi connectivity index (χ4n) is 3.98. The zero-order chi connectivity index (χ0) is 16.6. The third kappa shape index (κ3) is 2.73. The molecular formula is C17H24N6O. The van der Waals surface area contributed by atoms with Crippen LogP contribution in [0.4, 0.5) is 11.8 Å². The predicted octanol–water partition coefficient (Wildman–Crippen LogP) is 0.111. The number of likely N-dealkylation sites (tertiary alicyclic amines) is 1. The highest BCUT2D eigenvalue weighted by Gasteiger charge is 2.49. The van der Waals surface area contributed by atoms with E-state index in [0.29, 0.717) is 0 Å². The van der Waals surface area contributed by atoms with Crippen molar-refractivity contribution in [3.05, 3.63) is 24.9 Å². The van der Waals surface area contributed by atoms with Crippen LogP contribution in [0.5, 0.6) is 0 Å². The van der Waals surface area contributed by atoms with Crippen LogP contribution in [0.25, 0.3) is 0 Å². The maximum Gasteiger partial charge on any atom is 0.245 e. The first-order valence-corrected chi connectivity index (χ1v) is 8.64. The van der Waals surface area contributed by atoms with Crippen LogP contribution in [0.3, 0.4) is 0 Å². The molecule has 3 aliphatic rings. The van der Waals surface area contributed by atoms with Gasteiger partial charge in [0, 0.05) is 64.0 Å². The summed E-state index contributed by atoms with van der Waals surface area (Å²) >= 11 is 0. The Hall–Kier alpha value is -2.15. The van der Waals surface area contributed by atoms with Crippen LogP contribution < -0.4 is 15.1 Å². The fourth-order valence-corrected chi connectivity index (χ4v) is 3.98. The molecule has 1 N–H and O–H groups in total. The summed E-state index contributed by atoms with van der Waals surface area (Å²) in [6, 6.07) is 1.99. The monoisotopic (exact) mass is 328 g/mol. The van der Waals surface area contributed by atoms with Crippen molar-refractivity contribution in [3.63, 3.8) is 0 Å². The van der Waals surface area contributed by atoms with Gasteiger partial charge in [0.2, 0.25) is 11.9 Å². The molecule has 3 saturated heterocycles. The number of piperazine rings is 1. The summed E-state index contributed by atoms with van der Waals surface area (Å²) in [7, 11) is 0. The van der Waals surface area contributed by atoms with Crippen LogP contribution in [0, 0.1) is 5.41 Å². The second-order valence-electron chi connectivity index (χ2n) is 7.02. The average molecular weight is 328 g/mol. The normalized spacial score (nSPS) is 22.6. The summed E-state index contributed by atoms with van der Waals surface area (Å²) in [5.74, 6) is 1.87. The molecule has 4 heterocycles. The fraction of sp³-hybridized carbons (Fsp3) is 0.588. The standard InChI is InChI=1S/C17H24N6O/c1-2-15(24)22-8-4-17(11-22)12-23(13-17)16-19-5-3-14(20-16)21-9-6-18-7-10-21/h2-3,5,18H,1,4,6-13H2. The van der Waals surface area contributed by atoms with E-state index in [1.165, 1.54) is 6.08 Å². The Kier molecular flexibility index (Phi) is 3.88. The van der Waals surface area contributed by atoms with Crippen molar-refractivity contribution in [1.29, 1.82) is 0 Å². The Morgan fingerprint density at radius 2 is 2.00 bits per heavy atom. The number of hydrogen-bond donors (Lipinski definition) is 1. The molecule has 24 heavy (non-hydrogen) atoms. The highest BCUT2D eigenvalue weighted by Crippen LogP contribution is 2.41. The number of carbonyl (C=O) groups is 1. The van der Waals surface area contributed by atoms with Crippen molar-refractivity contribution in [2.45, 2.75) is 6.42 Å². The Labute approximate surface area is 142 Å². The summed E-state index contributed by atoms with van der Waals surface area (Å²) in [4.78, 5) is 27.4. The molecule has 0 saturated carbocycles. The van der Waals surface area contributed by atoms with Gasteiger partial charge in [0.1, 0.15) is 5.82 Å². The summed E-state index contributed by atoms with van der Waals surface area (Å²) in [6.45, 7) is 11.1. The van der Waals surface area contributed by atoms with Gasteiger partial charge in [-0.2, -0.15) is 4.98 Å². The lowest BCUT2D eigenvalue weighted by atomic mass is 9.79. The van der Waals surface area contributed by atoms with E-state index in [0.717, 1.165) is 70.5 Å². The second kappa shape index (κ2) is 6.05. The Balaban J connectivity index is 1.40. The lowest BCUT2D eigenvalue weighted by molar-refractivity contribution is -0.125. The van der Waals surface area contributed by atoms with Gasteiger partial charge in [-0.1, -0.05) is 6.58 Å². The van der Waals surface area contributed by atoms with Crippen LogP contribution in [-0.2, 0) is 4.79 Å². The van der Waals surface area contributed by atoms with Gasteiger partial charge < -0.3 is 20.0 Å². The van der Waals surface area contributed by atoms with Crippen molar-refractivity contribution in [1.82, 2.24) is 20.2 Å². The molecule has 3 fully saturated rings. The van der Waals surface area contributed by atoms with E-state index in [1.54, 1.807) is 0 Å². The minimum atomic E-state index is 0.0438. The molecule has 7 nitrogen and oxygen atoms in total. The van der Waals surface area contributed by atoms with Gasteiger partial charge in [0.15, 0.2) is 0 Å². The smallest absolute Gasteiger partial charge is 0.245 e. The first kappa shape index (κ1) is 15.4. The molecule has 128 valence electrons. The summed E-state index contributed by atoms with van der Waals surface area (Å²) in [6.07, 6.45) is 4.32. The van der Waals surface area contributed by atoms with Crippen molar-refractivity contribution in [2.24, 2.45) is 5.41 Å². The molecule has 0 unspecified atom stereocenters. The molecule has 4 rings (SSSR count). The maximum atomic E-state index is 11.8. The van der Waals surface area contributed by atoms with Crippen LogP contribution >= 0.6 is 0 Å². The van der Waals surface area contributed by atoms with E-state index in [1.807, 2.05) is 17.2 Å². The SMILES string of the molecule is C=CC(=O)N1CCC2(C1)CN(c1nccc(N3CCNCC3)n1)C2. The maximum absolute atomic E-state index is 11.8. The van der Waals surface area contributed by atoms with Crippen LogP contribution in [0.1, 0.15) is 6.42 Å². The Morgan fingerprint density at radius 3 is 2.75 bits per heavy atom. The third-order valence-electron chi connectivity index (χ3n) is 5.33. The zero-order valence-electron chi connectivity index (χ0n) is 13.9. The van der Waals surface area contributed by atoms with Crippen molar-refractivity contribution < 1.29 is 4.79 Å². The minimum Gasteiger partial charge on any atom is -0.354 e. The second-order valence-corrected chi connectivity index (χ2v) is 7.02. The van der Waals surface area contributed by atoms with E-state index in [9.17, 15) is 4.79 Å². The van der Waals surface area contributed by atoms with Gasteiger partial charge in [-0.3, -0.25) is 4.79 Å². The van der Waals surface area contributed by atoms with Crippen molar-refractivity contribution >= 4 is 17.7 Å². The molecule has 7 heteroatoms. The van der Waals surface area contributed by atoms with Crippen LogP contribution in [0.15, 0.2) is 24.9 Å². The molecule has 3 aliphatic heterocycles. The molecule has 0 aliphatic carbocycles. The molecule has 0 atom stereocenters. The Bertz CT molecular complexity index is 636. The Morgan fingerprint density at radius 1 is 1.21 bits per heavy atom. The molecule has 0 aromatic carbocycles. The molecule has 1 aromatic rings. The van der Waals surface area contributed by atoms with Gasteiger partial charge >= 0.3 is 0 Å². The van der Waals surface area contributed by atoms with E-state index >= 15 is 0 Å². The predicted molar refractivity (Wildman–Crippen MR) is 93.2 cm³/mol. The number of amides is 1. The molecule has 0 bridgehead atoms. The van der Waals surface area contributed by atoms with Gasteiger partial charge in [0.25, 0.3) is 0 Å². The number of aromatic nitrogens is 2. The van der Waals surface area contributed by atoms with Crippen molar-refractivity contribution in [3.8, 4) is 0 Å².